The fraction of sp³-hybridized carbons (Fsp3) is 0.286. The standard InChI is InChI=1S/C28H30N4O5S/c1-28(21-9-5-4-6-10-21)19-32(27(30-28)37-3)38(34,35)24-15-16-25-20(18-24)8-7-17-31(25)26(33)29-22-11-13-23(36-2)14-12-22/h4-6,9-16,18H,7-8,17,19H2,1-3H3,(H,29,33). The van der Waals surface area contributed by atoms with Gasteiger partial charge in [-0.25, -0.2) is 22.5 Å². The Kier molecular flexibility index (Phi) is 6.75. The number of sulfonamides is 1. The van der Waals surface area contributed by atoms with Gasteiger partial charge in [-0.3, -0.25) is 4.90 Å². The molecule has 5 rings (SSSR count). The second-order valence-corrected chi connectivity index (χ2v) is 11.3. The number of aryl methyl sites for hydroxylation is 1. The zero-order valence-electron chi connectivity index (χ0n) is 21.5. The van der Waals surface area contributed by atoms with E-state index in [1.54, 1.807) is 54.5 Å². The van der Waals surface area contributed by atoms with E-state index in [4.69, 9.17) is 9.47 Å². The van der Waals surface area contributed by atoms with Crippen molar-refractivity contribution in [3.8, 4) is 5.75 Å². The summed E-state index contributed by atoms with van der Waals surface area (Å²) in [5.74, 6) is 0.698. The molecule has 0 saturated carbocycles. The van der Waals surface area contributed by atoms with E-state index in [0.29, 0.717) is 36.5 Å². The minimum absolute atomic E-state index is 0.0505. The van der Waals surface area contributed by atoms with Crippen molar-refractivity contribution in [2.24, 2.45) is 4.99 Å². The number of benzene rings is 3. The Morgan fingerprint density at radius 2 is 1.74 bits per heavy atom. The monoisotopic (exact) mass is 534 g/mol. The summed E-state index contributed by atoms with van der Waals surface area (Å²) in [6.07, 6.45) is 1.38. The molecule has 2 aliphatic rings. The fourth-order valence-electron chi connectivity index (χ4n) is 4.88. The molecular formula is C28H30N4O5S. The number of fused-ring (bicyclic) bond motifs is 1. The number of urea groups is 1. The summed E-state index contributed by atoms with van der Waals surface area (Å²) in [6, 6.07) is 21.3. The van der Waals surface area contributed by atoms with Crippen molar-refractivity contribution in [3.63, 3.8) is 0 Å². The Morgan fingerprint density at radius 1 is 1.00 bits per heavy atom. The van der Waals surface area contributed by atoms with Crippen LogP contribution in [0.15, 0.2) is 82.7 Å². The molecule has 0 aromatic heterocycles. The summed E-state index contributed by atoms with van der Waals surface area (Å²) in [6.45, 7) is 2.54. The number of nitrogens with zero attached hydrogens (tertiary/aromatic N) is 3. The summed E-state index contributed by atoms with van der Waals surface area (Å²) in [5.41, 5.74) is 2.25. The number of carbonyl (C=O) groups excluding carboxylic acids is 1. The largest absolute Gasteiger partial charge is 0.497 e. The third-order valence-corrected chi connectivity index (χ3v) is 8.64. The first-order chi connectivity index (χ1) is 18.2. The van der Waals surface area contributed by atoms with E-state index in [2.05, 4.69) is 10.3 Å². The van der Waals surface area contributed by atoms with Gasteiger partial charge in [0.2, 0.25) is 0 Å². The topological polar surface area (TPSA) is 101 Å². The van der Waals surface area contributed by atoms with Crippen LogP contribution in [0.4, 0.5) is 16.2 Å². The molecule has 2 heterocycles. The van der Waals surface area contributed by atoms with Gasteiger partial charge in [-0.1, -0.05) is 30.3 Å². The summed E-state index contributed by atoms with van der Waals surface area (Å²) in [7, 11) is -0.953. The quantitative estimate of drug-likeness (QED) is 0.516. The lowest BCUT2D eigenvalue weighted by Gasteiger charge is -2.30. The van der Waals surface area contributed by atoms with Gasteiger partial charge in [-0.15, -0.1) is 0 Å². The highest BCUT2D eigenvalue weighted by molar-refractivity contribution is 7.89. The van der Waals surface area contributed by atoms with E-state index in [1.165, 1.54) is 11.4 Å². The normalized spacial score (nSPS) is 19.0. The third-order valence-electron chi connectivity index (χ3n) is 6.93. The average molecular weight is 535 g/mol. The Balaban J connectivity index is 1.39. The van der Waals surface area contributed by atoms with Crippen molar-refractivity contribution in [1.82, 2.24) is 4.31 Å². The molecule has 0 saturated heterocycles. The molecule has 1 unspecified atom stereocenters. The van der Waals surface area contributed by atoms with Crippen LogP contribution in [0.5, 0.6) is 5.75 Å². The number of rotatable bonds is 5. The Labute approximate surface area is 222 Å². The Morgan fingerprint density at radius 3 is 2.42 bits per heavy atom. The van der Waals surface area contributed by atoms with Gasteiger partial charge in [-0.05, 0) is 73.4 Å². The number of hydrogen-bond acceptors (Lipinski definition) is 6. The van der Waals surface area contributed by atoms with Crippen LogP contribution in [0.3, 0.4) is 0 Å². The predicted molar refractivity (Wildman–Crippen MR) is 146 cm³/mol. The van der Waals surface area contributed by atoms with Crippen molar-refractivity contribution < 1.29 is 22.7 Å². The molecule has 9 nitrogen and oxygen atoms in total. The maximum atomic E-state index is 13.8. The first-order valence-electron chi connectivity index (χ1n) is 12.3. The average Bonchev–Trinajstić information content (AvgIpc) is 3.32. The van der Waals surface area contributed by atoms with Gasteiger partial charge in [-0.2, -0.15) is 0 Å². The van der Waals surface area contributed by atoms with Crippen LogP contribution in [0.1, 0.15) is 24.5 Å². The second kappa shape index (κ2) is 10.0. The minimum Gasteiger partial charge on any atom is -0.497 e. The van der Waals surface area contributed by atoms with E-state index in [-0.39, 0.29) is 23.5 Å². The maximum Gasteiger partial charge on any atom is 0.326 e. The van der Waals surface area contributed by atoms with Gasteiger partial charge < -0.3 is 14.8 Å². The highest BCUT2D eigenvalue weighted by Gasteiger charge is 2.44. The van der Waals surface area contributed by atoms with Crippen molar-refractivity contribution in [1.29, 1.82) is 0 Å². The third kappa shape index (κ3) is 4.67. The van der Waals surface area contributed by atoms with Crippen molar-refractivity contribution in [2.75, 3.05) is 37.5 Å². The molecule has 2 amide bonds. The fourth-order valence-corrected chi connectivity index (χ4v) is 6.40. The number of nitrogens with one attached hydrogen (secondary N) is 1. The van der Waals surface area contributed by atoms with Gasteiger partial charge in [0.15, 0.2) is 0 Å². The molecule has 198 valence electrons. The molecule has 3 aromatic rings. The molecular weight excluding hydrogens is 504 g/mol. The van der Waals surface area contributed by atoms with E-state index < -0.39 is 15.6 Å². The smallest absolute Gasteiger partial charge is 0.326 e. The number of aliphatic imine (C=N–C) groups is 1. The number of amidine groups is 1. The maximum absolute atomic E-state index is 13.8. The van der Waals surface area contributed by atoms with Crippen LogP contribution in [0.2, 0.25) is 0 Å². The Bertz CT molecular complexity index is 1470. The molecule has 38 heavy (non-hydrogen) atoms. The highest BCUT2D eigenvalue weighted by atomic mass is 32.2. The molecule has 1 N–H and O–H groups in total. The van der Waals surface area contributed by atoms with Gasteiger partial charge in [0, 0.05) is 17.9 Å². The van der Waals surface area contributed by atoms with Crippen molar-refractivity contribution in [2.45, 2.75) is 30.2 Å². The SMILES string of the molecule is COC1=NC(C)(c2ccccc2)CN1S(=O)(=O)c1ccc2c(c1)CCCN2C(=O)Nc1ccc(OC)cc1. The molecule has 2 aliphatic heterocycles. The zero-order valence-corrected chi connectivity index (χ0v) is 22.4. The van der Waals surface area contributed by atoms with Gasteiger partial charge in [0.05, 0.1) is 25.7 Å². The summed E-state index contributed by atoms with van der Waals surface area (Å²) in [5, 5.41) is 2.90. The van der Waals surface area contributed by atoms with E-state index in [0.717, 1.165) is 11.1 Å². The molecule has 1 atom stereocenters. The number of amides is 2. The van der Waals surface area contributed by atoms with Gasteiger partial charge >= 0.3 is 12.1 Å². The number of ether oxygens (including phenoxy) is 2. The molecule has 10 heteroatoms. The van der Waals surface area contributed by atoms with Crippen LogP contribution in [0, 0.1) is 0 Å². The Hall–Kier alpha value is -4.05. The molecule has 0 bridgehead atoms. The highest BCUT2D eigenvalue weighted by Crippen LogP contribution is 2.36. The van der Waals surface area contributed by atoms with Crippen LogP contribution in [-0.2, 0) is 26.7 Å². The first-order valence-corrected chi connectivity index (χ1v) is 13.8. The lowest BCUT2D eigenvalue weighted by molar-refractivity contribution is 0.256. The lowest BCUT2D eigenvalue weighted by Crippen LogP contribution is -2.39. The summed E-state index contributed by atoms with van der Waals surface area (Å²) in [4.78, 5) is 19.5. The van der Waals surface area contributed by atoms with Crippen LogP contribution < -0.4 is 15.0 Å². The number of methoxy groups -OCH3 is 2. The van der Waals surface area contributed by atoms with Crippen LogP contribution in [-0.4, -0.2) is 52.1 Å². The number of hydrogen-bond donors (Lipinski definition) is 1. The minimum atomic E-state index is -3.96. The first kappa shape index (κ1) is 25.6. The predicted octanol–water partition coefficient (Wildman–Crippen LogP) is 4.60. The van der Waals surface area contributed by atoms with Crippen LogP contribution >= 0.6 is 0 Å². The van der Waals surface area contributed by atoms with Gasteiger partial charge in [0.25, 0.3) is 10.0 Å². The number of anilines is 2. The molecule has 0 fully saturated rings. The summed E-state index contributed by atoms with van der Waals surface area (Å²) >= 11 is 0. The zero-order chi connectivity index (χ0) is 26.9. The van der Waals surface area contributed by atoms with E-state index in [9.17, 15) is 13.2 Å². The van der Waals surface area contributed by atoms with E-state index >= 15 is 0 Å². The number of carbonyl (C=O) groups is 1. The van der Waals surface area contributed by atoms with E-state index in [1.807, 2.05) is 37.3 Å². The molecule has 0 radical (unpaired) electrons. The molecule has 3 aromatic carbocycles. The lowest BCUT2D eigenvalue weighted by atomic mass is 9.94. The second-order valence-electron chi connectivity index (χ2n) is 9.45. The summed E-state index contributed by atoms with van der Waals surface area (Å²) < 4.78 is 39.4. The molecule has 0 aliphatic carbocycles. The van der Waals surface area contributed by atoms with Crippen molar-refractivity contribution in [3.05, 3.63) is 83.9 Å². The van der Waals surface area contributed by atoms with Gasteiger partial charge in [0.1, 0.15) is 11.3 Å². The van der Waals surface area contributed by atoms with Crippen molar-refractivity contribution >= 4 is 33.5 Å². The van der Waals surface area contributed by atoms with Crippen LogP contribution in [0.25, 0.3) is 0 Å². The molecule has 0 spiro atoms.